The molecule has 0 aliphatic rings. The van der Waals surface area contributed by atoms with Crippen molar-refractivity contribution >= 4 is 11.9 Å². The van der Waals surface area contributed by atoms with Crippen molar-refractivity contribution in [3.8, 4) is 0 Å². The zero-order valence-corrected chi connectivity index (χ0v) is 11.2. The van der Waals surface area contributed by atoms with Crippen LogP contribution in [0.1, 0.15) is 43.3 Å². The van der Waals surface area contributed by atoms with E-state index in [1.807, 2.05) is 0 Å². The third-order valence-corrected chi connectivity index (χ3v) is 2.07. The van der Waals surface area contributed by atoms with Gasteiger partial charge in [-0.3, -0.25) is 4.79 Å². The Hall–Kier alpha value is -1.78. The number of amides is 1. The maximum absolute atomic E-state index is 11.7. The maximum atomic E-state index is 11.7. The van der Waals surface area contributed by atoms with Gasteiger partial charge in [0.2, 0.25) is 0 Å². The molecule has 1 aromatic heterocycles. The molecule has 100 valence electrons. The van der Waals surface area contributed by atoms with Crippen LogP contribution in [-0.2, 0) is 4.74 Å². The second-order valence-electron chi connectivity index (χ2n) is 5.05. The van der Waals surface area contributed by atoms with Gasteiger partial charge >= 0.3 is 6.09 Å². The van der Waals surface area contributed by atoms with Crippen molar-refractivity contribution in [2.24, 2.45) is 0 Å². The molecule has 0 atom stereocenters. The highest BCUT2D eigenvalue weighted by molar-refractivity contribution is 5.96. The standard InChI is InChI=1S/C13H19NO4/c1-9-7-10(8-17-9)11(15)5-6-14-12(16)18-13(2,3)4/h7-8H,5-6H2,1-4H3,(H,14,16). The number of ether oxygens (including phenoxy) is 1. The van der Waals surface area contributed by atoms with Crippen LogP contribution in [0.15, 0.2) is 16.7 Å². The fourth-order valence-electron chi connectivity index (χ4n) is 1.33. The molecule has 1 rings (SSSR count). The Labute approximate surface area is 106 Å². The summed E-state index contributed by atoms with van der Waals surface area (Å²) in [6.07, 6.45) is 1.13. The van der Waals surface area contributed by atoms with Gasteiger partial charge in [-0.25, -0.2) is 4.79 Å². The Morgan fingerprint density at radius 2 is 2.06 bits per heavy atom. The number of ketones is 1. The molecule has 5 nitrogen and oxygen atoms in total. The van der Waals surface area contributed by atoms with Gasteiger partial charge in [-0.1, -0.05) is 0 Å². The maximum Gasteiger partial charge on any atom is 0.407 e. The van der Waals surface area contributed by atoms with Crippen molar-refractivity contribution in [3.05, 3.63) is 23.7 Å². The van der Waals surface area contributed by atoms with Crippen molar-refractivity contribution < 1.29 is 18.7 Å². The lowest BCUT2D eigenvalue weighted by Gasteiger charge is -2.19. The number of Topliss-reactive ketones (excluding diaryl/α,β-unsaturated/α-hetero) is 1. The molecule has 0 fully saturated rings. The number of nitrogens with one attached hydrogen (secondary N) is 1. The van der Waals surface area contributed by atoms with Gasteiger partial charge in [0.05, 0.1) is 5.56 Å². The second-order valence-corrected chi connectivity index (χ2v) is 5.05. The summed E-state index contributed by atoms with van der Waals surface area (Å²) in [5.74, 6) is 0.626. The van der Waals surface area contributed by atoms with E-state index in [4.69, 9.17) is 9.15 Å². The van der Waals surface area contributed by atoms with Crippen LogP contribution in [-0.4, -0.2) is 24.0 Å². The highest BCUT2D eigenvalue weighted by Gasteiger charge is 2.16. The molecule has 0 aliphatic carbocycles. The van der Waals surface area contributed by atoms with Crippen LogP contribution < -0.4 is 5.32 Å². The lowest BCUT2D eigenvalue weighted by Crippen LogP contribution is -2.33. The predicted octanol–water partition coefficient (Wildman–Crippen LogP) is 2.69. The average molecular weight is 253 g/mol. The van der Waals surface area contributed by atoms with Crippen molar-refractivity contribution in [2.75, 3.05) is 6.54 Å². The van der Waals surface area contributed by atoms with Gasteiger partial charge < -0.3 is 14.5 Å². The predicted molar refractivity (Wildman–Crippen MR) is 66.6 cm³/mol. The second kappa shape index (κ2) is 5.71. The van der Waals surface area contributed by atoms with Crippen molar-refractivity contribution in [3.63, 3.8) is 0 Å². The topological polar surface area (TPSA) is 68.5 Å². The molecular weight excluding hydrogens is 234 g/mol. The highest BCUT2D eigenvalue weighted by Crippen LogP contribution is 2.09. The Morgan fingerprint density at radius 1 is 1.39 bits per heavy atom. The minimum absolute atomic E-state index is 0.0668. The zero-order valence-electron chi connectivity index (χ0n) is 11.2. The molecule has 1 heterocycles. The number of hydrogen-bond acceptors (Lipinski definition) is 4. The Bertz CT molecular complexity index is 428. The fourth-order valence-corrected chi connectivity index (χ4v) is 1.33. The van der Waals surface area contributed by atoms with E-state index in [9.17, 15) is 9.59 Å². The normalized spacial score (nSPS) is 11.1. The molecule has 0 radical (unpaired) electrons. The summed E-state index contributed by atoms with van der Waals surface area (Å²) in [4.78, 5) is 23.0. The van der Waals surface area contributed by atoms with E-state index < -0.39 is 11.7 Å². The van der Waals surface area contributed by atoms with Crippen molar-refractivity contribution in [1.29, 1.82) is 0 Å². The number of furan rings is 1. The third-order valence-electron chi connectivity index (χ3n) is 2.07. The van der Waals surface area contributed by atoms with Gasteiger partial charge in [0.1, 0.15) is 17.6 Å². The first kappa shape index (κ1) is 14.3. The number of carbonyl (C=O) groups is 2. The minimum atomic E-state index is -0.532. The summed E-state index contributed by atoms with van der Waals surface area (Å²) in [7, 11) is 0. The van der Waals surface area contributed by atoms with Gasteiger partial charge in [0.25, 0.3) is 0 Å². The molecule has 0 saturated carbocycles. The monoisotopic (exact) mass is 253 g/mol. The number of carbonyl (C=O) groups excluding carboxylic acids is 2. The summed E-state index contributed by atoms with van der Waals surface area (Å²) >= 11 is 0. The van der Waals surface area contributed by atoms with Gasteiger partial charge in [0, 0.05) is 13.0 Å². The Kier molecular flexibility index (Phi) is 4.53. The van der Waals surface area contributed by atoms with E-state index in [2.05, 4.69) is 5.32 Å². The Morgan fingerprint density at radius 3 is 2.56 bits per heavy atom. The fraction of sp³-hybridized carbons (Fsp3) is 0.538. The Balaban J connectivity index is 2.30. The molecule has 0 unspecified atom stereocenters. The minimum Gasteiger partial charge on any atom is -0.469 e. The first-order valence-electron chi connectivity index (χ1n) is 5.83. The molecule has 1 aromatic rings. The van der Waals surface area contributed by atoms with Crippen LogP contribution in [0.4, 0.5) is 4.79 Å². The van der Waals surface area contributed by atoms with E-state index >= 15 is 0 Å². The molecule has 1 amide bonds. The number of aryl methyl sites for hydroxylation is 1. The van der Waals surface area contributed by atoms with Crippen molar-refractivity contribution in [2.45, 2.75) is 39.7 Å². The molecule has 0 spiro atoms. The van der Waals surface area contributed by atoms with Crippen LogP contribution in [0, 0.1) is 6.92 Å². The van der Waals surface area contributed by atoms with E-state index in [-0.39, 0.29) is 18.7 Å². The largest absolute Gasteiger partial charge is 0.469 e. The molecule has 0 saturated heterocycles. The molecule has 5 heteroatoms. The van der Waals surface area contributed by atoms with Gasteiger partial charge in [-0.2, -0.15) is 0 Å². The zero-order chi connectivity index (χ0) is 13.8. The third kappa shape index (κ3) is 5.03. The molecule has 0 bridgehead atoms. The summed E-state index contributed by atoms with van der Waals surface area (Å²) in [5.41, 5.74) is -0.00560. The van der Waals surface area contributed by atoms with E-state index in [0.717, 1.165) is 0 Å². The van der Waals surface area contributed by atoms with Crippen LogP contribution in [0.3, 0.4) is 0 Å². The molecule has 0 aliphatic heterocycles. The van der Waals surface area contributed by atoms with Gasteiger partial charge in [-0.15, -0.1) is 0 Å². The van der Waals surface area contributed by atoms with Gasteiger partial charge in [0.15, 0.2) is 5.78 Å². The van der Waals surface area contributed by atoms with Crippen LogP contribution in [0.2, 0.25) is 0 Å². The quantitative estimate of drug-likeness (QED) is 0.837. The lowest BCUT2D eigenvalue weighted by atomic mass is 10.1. The van der Waals surface area contributed by atoms with Gasteiger partial charge in [-0.05, 0) is 33.8 Å². The average Bonchev–Trinajstić information content (AvgIpc) is 2.62. The summed E-state index contributed by atoms with van der Waals surface area (Å²) in [6.45, 7) is 7.37. The molecular formula is C13H19NO4. The van der Waals surface area contributed by atoms with E-state index in [0.29, 0.717) is 11.3 Å². The van der Waals surface area contributed by atoms with E-state index in [1.165, 1.54) is 6.26 Å². The molecule has 0 aromatic carbocycles. The first-order chi connectivity index (χ1) is 8.28. The highest BCUT2D eigenvalue weighted by atomic mass is 16.6. The smallest absolute Gasteiger partial charge is 0.407 e. The summed E-state index contributed by atoms with van der Waals surface area (Å²) in [6, 6.07) is 1.68. The van der Waals surface area contributed by atoms with Crippen molar-refractivity contribution in [1.82, 2.24) is 5.32 Å². The number of alkyl carbamates (subject to hydrolysis) is 1. The lowest BCUT2D eigenvalue weighted by molar-refractivity contribution is 0.0527. The SMILES string of the molecule is Cc1cc(C(=O)CCNC(=O)OC(C)(C)C)co1. The van der Waals surface area contributed by atoms with Crippen LogP contribution in [0.5, 0.6) is 0 Å². The van der Waals surface area contributed by atoms with Crippen LogP contribution in [0.25, 0.3) is 0 Å². The summed E-state index contributed by atoms with van der Waals surface area (Å²) in [5, 5.41) is 2.53. The summed E-state index contributed by atoms with van der Waals surface area (Å²) < 4.78 is 10.1. The van der Waals surface area contributed by atoms with E-state index in [1.54, 1.807) is 33.8 Å². The number of rotatable bonds is 4. The first-order valence-corrected chi connectivity index (χ1v) is 5.83. The van der Waals surface area contributed by atoms with Crippen LogP contribution >= 0.6 is 0 Å². The number of hydrogen-bond donors (Lipinski definition) is 1. The molecule has 18 heavy (non-hydrogen) atoms. The molecule has 1 N–H and O–H groups in total.